The zero-order valence-electron chi connectivity index (χ0n) is 15.3. The number of benzene rings is 1. The highest BCUT2D eigenvalue weighted by molar-refractivity contribution is 5.89. The molecule has 3 N–H and O–H groups in total. The van der Waals surface area contributed by atoms with Gasteiger partial charge in [-0.05, 0) is 32.9 Å². The number of hydrogen-bond donors (Lipinski definition) is 3. The molecule has 0 aromatic heterocycles. The molecule has 7 nitrogen and oxygen atoms in total. The molecule has 1 aromatic carbocycles. The molecule has 1 aromatic rings. The Morgan fingerprint density at radius 2 is 1.80 bits per heavy atom. The second kappa shape index (κ2) is 8.71. The highest BCUT2D eigenvalue weighted by Crippen LogP contribution is 2.09. The van der Waals surface area contributed by atoms with Crippen LogP contribution >= 0.6 is 0 Å². The maximum atomic E-state index is 12.0. The predicted octanol–water partition coefficient (Wildman–Crippen LogP) is 0.944. The monoisotopic (exact) mass is 349 g/mol. The topological polar surface area (TPSA) is 75.1 Å². The Morgan fingerprint density at radius 3 is 2.40 bits per heavy atom. The van der Waals surface area contributed by atoms with Crippen molar-refractivity contribution in [3.05, 3.63) is 30.3 Å². The Bertz CT molecular complexity index is 563. The van der Waals surface area contributed by atoms with Gasteiger partial charge in [-0.2, -0.15) is 0 Å². The van der Waals surface area contributed by atoms with Crippen LogP contribution in [0.15, 0.2) is 30.3 Å². The van der Waals surface area contributed by atoms with E-state index < -0.39 is 5.60 Å². The maximum absolute atomic E-state index is 12.0. The fourth-order valence-corrected chi connectivity index (χ4v) is 2.63. The number of hydrogen-bond acceptors (Lipinski definition) is 3. The third-order valence-corrected chi connectivity index (χ3v) is 3.92. The van der Waals surface area contributed by atoms with E-state index in [1.54, 1.807) is 4.90 Å². The quantitative estimate of drug-likeness (QED) is 0.757. The third kappa shape index (κ3) is 7.01. The number of carbonyl (C=O) groups excluding carboxylic acids is 2. The summed E-state index contributed by atoms with van der Waals surface area (Å²) in [6.07, 6.45) is -0.244. The van der Waals surface area contributed by atoms with Crippen molar-refractivity contribution in [1.82, 2.24) is 10.2 Å². The van der Waals surface area contributed by atoms with Crippen LogP contribution in [0.25, 0.3) is 0 Å². The molecule has 0 radical (unpaired) electrons. The number of amides is 3. The molecule has 1 heterocycles. The van der Waals surface area contributed by atoms with E-state index in [-0.39, 0.29) is 12.1 Å². The zero-order valence-corrected chi connectivity index (χ0v) is 15.3. The van der Waals surface area contributed by atoms with E-state index in [9.17, 15) is 9.59 Å². The van der Waals surface area contributed by atoms with Gasteiger partial charge in [-0.3, -0.25) is 4.90 Å². The summed E-state index contributed by atoms with van der Waals surface area (Å²) in [6, 6.07) is 9.16. The summed E-state index contributed by atoms with van der Waals surface area (Å²) in [5.74, 6) is 0. The summed E-state index contributed by atoms with van der Waals surface area (Å²) in [7, 11) is 0. The average Bonchev–Trinajstić information content (AvgIpc) is 2.55. The van der Waals surface area contributed by atoms with Gasteiger partial charge in [0, 0.05) is 5.69 Å². The number of carbonyl (C=O) groups is 2. The second-order valence-corrected chi connectivity index (χ2v) is 7.21. The smallest absolute Gasteiger partial charge is 0.410 e. The first kappa shape index (κ1) is 19.1. The highest BCUT2D eigenvalue weighted by Gasteiger charge is 2.27. The lowest BCUT2D eigenvalue weighted by Crippen LogP contribution is -3.15. The highest BCUT2D eigenvalue weighted by atomic mass is 16.6. The molecule has 0 saturated carbocycles. The predicted molar refractivity (Wildman–Crippen MR) is 96.8 cm³/mol. The second-order valence-electron chi connectivity index (χ2n) is 7.21. The van der Waals surface area contributed by atoms with Gasteiger partial charge in [0.25, 0.3) is 0 Å². The summed E-state index contributed by atoms with van der Waals surface area (Å²) in [5.41, 5.74) is 0.315. The molecule has 0 bridgehead atoms. The van der Waals surface area contributed by atoms with Crippen molar-refractivity contribution in [2.75, 3.05) is 44.6 Å². The number of ether oxygens (including phenoxy) is 1. The molecule has 0 aliphatic carbocycles. The Labute approximate surface area is 149 Å². The molecular formula is C18H29N4O3+. The van der Waals surface area contributed by atoms with Crippen LogP contribution < -0.4 is 15.5 Å². The Hall–Kier alpha value is -2.28. The average molecular weight is 349 g/mol. The maximum Gasteiger partial charge on any atom is 0.410 e. The van der Waals surface area contributed by atoms with Gasteiger partial charge in [0.1, 0.15) is 5.60 Å². The first-order valence-corrected chi connectivity index (χ1v) is 8.75. The van der Waals surface area contributed by atoms with Crippen LogP contribution in [0.3, 0.4) is 0 Å². The van der Waals surface area contributed by atoms with Crippen molar-refractivity contribution in [2.24, 2.45) is 0 Å². The largest absolute Gasteiger partial charge is 0.444 e. The molecule has 2 rings (SSSR count). The van der Waals surface area contributed by atoms with Gasteiger partial charge in [-0.25, -0.2) is 9.59 Å². The van der Waals surface area contributed by atoms with Crippen molar-refractivity contribution in [3.63, 3.8) is 0 Å². The molecule has 0 unspecified atom stereocenters. The number of urea groups is 1. The van der Waals surface area contributed by atoms with Crippen molar-refractivity contribution in [3.8, 4) is 0 Å². The van der Waals surface area contributed by atoms with Crippen molar-refractivity contribution in [1.29, 1.82) is 0 Å². The number of nitrogens with zero attached hydrogens (tertiary/aromatic N) is 1. The van der Waals surface area contributed by atoms with Crippen LogP contribution in [0, 0.1) is 0 Å². The minimum atomic E-state index is -0.461. The number of anilines is 1. The lowest BCUT2D eigenvalue weighted by Gasteiger charge is -2.33. The number of nitrogens with one attached hydrogen (secondary N) is 3. The van der Waals surface area contributed by atoms with E-state index in [1.807, 2.05) is 51.1 Å². The van der Waals surface area contributed by atoms with Gasteiger partial charge < -0.3 is 20.3 Å². The van der Waals surface area contributed by atoms with Gasteiger partial charge in [-0.1, -0.05) is 18.2 Å². The normalized spacial score (nSPS) is 15.6. The standard InChI is InChI=1S/C18H28N4O3/c1-18(2,3)25-17(24)22-13-11-21(12-14-22)10-9-19-16(23)20-15-7-5-4-6-8-15/h4-8H,9-14H2,1-3H3,(H2,19,20,23)/p+1. The third-order valence-electron chi connectivity index (χ3n) is 3.92. The Kier molecular flexibility index (Phi) is 6.64. The van der Waals surface area contributed by atoms with Crippen molar-refractivity contribution < 1.29 is 19.2 Å². The van der Waals surface area contributed by atoms with Gasteiger partial charge >= 0.3 is 12.1 Å². The molecule has 7 heteroatoms. The molecule has 0 spiro atoms. The summed E-state index contributed by atoms with van der Waals surface area (Å²) >= 11 is 0. The van der Waals surface area contributed by atoms with Crippen LogP contribution in [0.4, 0.5) is 15.3 Å². The van der Waals surface area contributed by atoms with Crippen LogP contribution in [-0.2, 0) is 4.74 Å². The first-order valence-electron chi connectivity index (χ1n) is 8.75. The van der Waals surface area contributed by atoms with Crippen LogP contribution in [0.5, 0.6) is 0 Å². The molecule has 1 fully saturated rings. The van der Waals surface area contributed by atoms with E-state index in [1.165, 1.54) is 4.90 Å². The van der Waals surface area contributed by atoms with Crippen LogP contribution in [-0.4, -0.2) is 61.9 Å². The number of quaternary nitrogens is 1. The zero-order chi connectivity index (χ0) is 18.3. The van der Waals surface area contributed by atoms with Crippen molar-refractivity contribution in [2.45, 2.75) is 26.4 Å². The number of para-hydroxylation sites is 1. The molecule has 25 heavy (non-hydrogen) atoms. The van der Waals surface area contributed by atoms with Crippen molar-refractivity contribution >= 4 is 17.8 Å². The number of piperazine rings is 1. The summed E-state index contributed by atoms with van der Waals surface area (Å²) in [4.78, 5) is 27.0. The first-order chi connectivity index (χ1) is 11.8. The van der Waals surface area contributed by atoms with E-state index in [0.29, 0.717) is 19.6 Å². The van der Waals surface area contributed by atoms with Crippen LogP contribution in [0.1, 0.15) is 20.8 Å². The molecule has 0 atom stereocenters. The minimum Gasteiger partial charge on any atom is -0.444 e. The fourth-order valence-electron chi connectivity index (χ4n) is 2.63. The molecule has 1 saturated heterocycles. The number of rotatable bonds is 4. The molecule has 1 aliphatic heterocycles. The van der Waals surface area contributed by atoms with E-state index in [0.717, 1.165) is 25.3 Å². The van der Waals surface area contributed by atoms with E-state index in [2.05, 4.69) is 10.6 Å². The summed E-state index contributed by atoms with van der Waals surface area (Å²) < 4.78 is 5.39. The molecule has 1 aliphatic rings. The molecular weight excluding hydrogens is 320 g/mol. The lowest BCUT2D eigenvalue weighted by atomic mass is 10.2. The van der Waals surface area contributed by atoms with Gasteiger partial charge in [0.15, 0.2) is 0 Å². The van der Waals surface area contributed by atoms with Gasteiger partial charge in [-0.15, -0.1) is 0 Å². The molecule has 3 amide bonds. The molecule has 138 valence electrons. The van der Waals surface area contributed by atoms with E-state index >= 15 is 0 Å². The minimum absolute atomic E-state index is 0.196. The van der Waals surface area contributed by atoms with E-state index in [4.69, 9.17) is 4.74 Å². The Balaban J connectivity index is 1.62. The van der Waals surface area contributed by atoms with Gasteiger partial charge in [0.2, 0.25) is 0 Å². The summed E-state index contributed by atoms with van der Waals surface area (Å²) in [6.45, 7) is 10.1. The van der Waals surface area contributed by atoms with Gasteiger partial charge in [0.05, 0.1) is 39.3 Å². The Morgan fingerprint density at radius 1 is 1.16 bits per heavy atom. The lowest BCUT2D eigenvalue weighted by molar-refractivity contribution is -0.902. The SMILES string of the molecule is CC(C)(C)OC(=O)N1CC[NH+](CCNC(=O)Nc2ccccc2)CC1. The summed E-state index contributed by atoms with van der Waals surface area (Å²) in [5, 5.41) is 5.66. The van der Waals surface area contributed by atoms with Crippen LogP contribution in [0.2, 0.25) is 0 Å². The fraction of sp³-hybridized carbons (Fsp3) is 0.556.